The summed E-state index contributed by atoms with van der Waals surface area (Å²) in [7, 11) is 1.56. The highest BCUT2D eigenvalue weighted by Gasteiger charge is 2.24. The number of aromatic nitrogens is 2. The van der Waals surface area contributed by atoms with Gasteiger partial charge in [0.05, 0.1) is 25.6 Å². The predicted molar refractivity (Wildman–Crippen MR) is 181 cm³/mol. The quantitative estimate of drug-likeness (QED) is 0.165. The molecule has 0 saturated carbocycles. The number of halogens is 1. The molecule has 2 amide bonds. The molecule has 0 aliphatic carbocycles. The van der Waals surface area contributed by atoms with Gasteiger partial charge in [-0.3, -0.25) is 14.5 Å². The zero-order chi connectivity index (χ0) is 32.3. The molecule has 2 aliphatic rings. The van der Waals surface area contributed by atoms with Gasteiger partial charge in [-0.1, -0.05) is 50.6 Å². The van der Waals surface area contributed by atoms with Crippen LogP contribution < -0.4 is 16.0 Å². The van der Waals surface area contributed by atoms with Crippen LogP contribution in [0.15, 0.2) is 72.6 Å². The van der Waals surface area contributed by atoms with Crippen LogP contribution in [-0.2, 0) is 27.2 Å². The number of hydrogen-bond donors (Lipinski definition) is 3. The normalized spacial score (nSPS) is 14.6. The van der Waals surface area contributed by atoms with Crippen LogP contribution in [0, 0.1) is 0 Å². The molecule has 1 saturated heterocycles. The Balaban J connectivity index is 0.00000148. The van der Waals surface area contributed by atoms with Crippen molar-refractivity contribution in [2.45, 2.75) is 40.0 Å². The molecule has 3 aromatic rings. The van der Waals surface area contributed by atoms with Crippen molar-refractivity contribution in [3.8, 4) is 0 Å². The largest absolute Gasteiger partial charge is 0.501 e. The molecule has 10 nitrogen and oxygen atoms in total. The fourth-order valence-corrected chi connectivity index (χ4v) is 5.07. The molecule has 11 heteroatoms. The van der Waals surface area contributed by atoms with Gasteiger partial charge in [0.25, 0.3) is 5.91 Å². The van der Waals surface area contributed by atoms with E-state index in [9.17, 15) is 9.59 Å². The Morgan fingerprint density at radius 2 is 1.80 bits per heavy atom. The maximum Gasteiger partial charge on any atom is 0.253 e. The van der Waals surface area contributed by atoms with E-state index in [2.05, 4.69) is 63.4 Å². The summed E-state index contributed by atoms with van der Waals surface area (Å²) in [4.78, 5) is 38.5. The first-order valence-electron chi connectivity index (χ1n) is 15.2. The van der Waals surface area contributed by atoms with Gasteiger partial charge in [0.1, 0.15) is 5.02 Å². The molecule has 2 aliphatic heterocycles. The van der Waals surface area contributed by atoms with Crippen molar-refractivity contribution in [2.24, 2.45) is 0 Å². The molecule has 5 rings (SSSR count). The molecule has 45 heavy (non-hydrogen) atoms. The maximum absolute atomic E-state index is 13.1. The van der Waals surface area contributed by atoms with Crippen molar-refractivity contribution in [1.82, 2.24) is 19.8 Å². The molecule has 0 atom stereocenters. The highest BCUT2D eigenvalue weighted by Crippen LogP contribution is 2.29. The van der Waals surface area contributed by atoms with Gasteiger partial charge < -0.3 is 25.6 Å². The Hall–Kier alpha value is -4.41. The summed E-state index contributed by atoms with van der Waals surface area (Å²) >= 11 is 6.38. The molecule has 238 valence electrons. The molecular weight excluding hydrogens is 590 g/mol. The minimum Gasteiger partial charge on any atom is -0.501 e. The lowest BCUT2D eigenvalue weighted by Crippen LogP contribution is -2.50. The van der Waals surface area contributed by atoms with Crippen LogP contribution in [0.2, 0.25) is 5.02 Å². The smallest absolute Gasteiger partial charge is 0.253 e. The molecule has 6 bridgehead atoms. The number of piperazine rings is 1. The summed E-state index contributed by atoms with van der Waals surface area (Å²) in [5.74, 6) is 1.33. The van der Waals surface area contributed by atoms with Crippen LogP contribution >= 0.6 is 11.6 Å². The number of amides is 2. The summed E-state index contributed by atoms with van der Waals surface area (Å²) in [6, 6.07) is 13.9. The molecule has 3 heterocycles. The number of carbonyl (C=O) groups excluding carboxylic acids is 2. The Kier molecular flexibility index (Phi) is 11.9. The van der Waals surface area contributed by atoms with Crippen molar-refractivity contribution in [2.75, 3.05) is 55.8 Å². The maximum atomic E-state index is 13.1. The van der Waals surface area contributed by atoms with Gasteiger partial charge in [-0.2, -0.15) is 4.98 Å². The van der Waals surface area contributed by atoms with Crippen molar-refractivity contribution in [3.63, 3.8) is 0 Å². The molecular formula is C34H42ClN7O3. The molecule has 0 unspecified atom stereocenters. The van der Waals surface area contributed by atoms with Crippen LogP contribution in [0.3, 0.4) is 0 Å². The Morgan fingerprint density at radius 1 is 1.07 bits per heavy atom. The average molecular weight is 632 g/mol. The molecule has 1 fully saturated rings. The number of aryl methyl sites for hydroxylation is 2. The third-order valence-electron chi connectivity index (χ3n) is 7.25. The van der Waals surface area contributed by atoms with Crippen LogP contribution in [-0.4, -0.2) is 71.4 Å². The molecule has 2 aromatic carbocycles. The third-order valence-corrected chi connectivity index (χ3v) is 7.53. The number of carbonyl (C=O) groups is 2. The van der Waals surface area contributed by atoms with Crippen LogP contribution in [0.5, 0.6) is 0 Å². The predicted octanol–water partition coefficient (Wildman–Crippen LogP) is 6.32. The van der Waals surface area contributed by atoms with E-state index >= 15 is 0 Å². The topological polar surface area (TPSA) is 112 Å². The fourth-order valence-electron chi connectivity index (χ4n) is 4.94. The summed E-state index contributed by atoms with van der Waals surface area (Å²) in [5.41, 5.74) is 4.97. The van der Waals surface area contributed by atoms with Crippen molar-refractivity contribution in [1.29, 1.82) is 0 Å². The van der Waals surface area contributed by atoms with E-state index in [0.717, 1.165) is 34.6 Å². The minimum absolute atomic E-state index is 0.104. The monoisotopic (exact) mass is 631 g/mol. The Bertz CT molecular complexity index is 1550. The van der Waals surface area contributed by atoms with Gasteiger partial charge >= 0.3 is 0 Å². The summed E-state index contributed by atoms with van der Waals surface area (Å²) < 4.78 is 5.12. The highest BCUT2D eigenvalue weighted by molar-refractivity contribution is 6.32. The number of rotatable bonds is 6. The second-order valence-corrected chi connectivity index (χ2v) is 11.4. The lowest BCUT2D eigenvalue weighted by atomic mass is 10.0. The molecule has 3 N–H and O–H groups in total. The van der Waals surface area contributed by atoms with Gasteiger partial charge in [-0.25, -0.2) is 4.98 Å². The molecule has 0 radical (unpaired) electrons. The number of nitrogens with one attached hydrogen (secondary N) is 3. The third kappa shape index (κ3) is 9.54. The zero-order valence-corrected chi connectivity index (χ0v) is 27.2. The van der Waals surface area contributed by atoms with Crippen molar-refractivity contribution < 1.29 is 14.3 Å². The number of nitrogens with zero attached hydrogens (tertiary/aromatic N) is 4. The molecule has 1 aromatic heterocycles. The van der Waals surface area contributed by atoms with Crippen LogP contribution in [0.25, 0.3) is 0 Å². The van der Waals surface area contributed by atoms with E-state index in [4.69, 9.17) is 16.3 Å². The first-order chi connectivity index (χ1) is 21.7. The molecule has 0 spiro atoms. The van der Waals surface area contributed by atoms with E-state index in [1.165, 1.54) is 6.42 Å². The Labute approximate surface area is 270 Å². The second kappa shape index (κ2) is 16.1. The van der Waals surface area contributed by atoms with E-state index < -0.39 is 0 Å². The van der Waals surface area contributed by atoms with Gasteiger partial charge in [0.2, 0.25) is 11.9 Å². The fraction of sp³-hybridized carbons (Fsp3) is 0.353. The zero-order valence-electron chi connectivity index (χ0n) is 26.5. The number of allylic oxidation sites excluding steroid dienone is 1. The van der Waals surface area contributed by atoms with Gasteiger partial charge in [0.15, 0.2) is 5.82 Å². The Morgan fingerprint density at radius 3 is 2.53 bits per heavy atom. The SMILES string of the molecule is C=C(/C=C(/C)OC)C(=O)N1CCN(CC(=O)Nc2ccc3cc2CCc2cccc(c2)Nc2ncc(Cl)c(n2)N3)CC1.CCC. The number of methoxy groups -OCH3 is 1. The average Bonchev–Trinajstić information content (AvgIpc) is 3.03. The first-order valence-corrected chi connectivity index (χ1v) is 15.6. The first kappa shape index (κ1) is 33.5. The lowest BCUT2D eigenvalue weighted by Gasteiger charge is -2.34. The summed E-state index contributed by atoms with van der Waals surface area (Å²) in [6.07, 6.45) is 5.94. The van der Waals surface area contributed by atoms with Gasteiger partial charge in [0, 0.05) is 48.8 Å². The van der Waals surface area contributed by atoms with E-state index in [-0.39, 0.29) is 18.4 Å². The van der Waals surface area contributed by atoms with E-state index in [1.807, 2.05) is 30.3 Å². The van der Waals surface area contributed by atoms with E-state index in [0.29, 0.717) is 60.7 Å². The number of fused-ring (bicyclic) bond motifs is 6. The van der Waals surface area contributed by atoms with Crippen LogP contribution in [0.1, 0.15) is 38.3 Å². The van der Waals surface area contributed by atoms with Crippen molar-refractivity contribution in [3.05, 3.63) is 88.8 Å². The number of ether oxygens (including phenoxy) is 1. The number of anilines is 5. The lowest BCUT2D eigenvalue weighted by molar-refractivity contribution is -0.128. The number of benzene rings is 2. The van der Waals surface area contributed by atoms with E-state index in [1.54, 1.807) is 31.2 Å². The summed E-state index contributed by atoms with van der Waals surface area (Å²) in [6.45, 7) is 12.4. The highest BCUT2D eigenvalue weighted by atomic mass is 35.5. The van der Waals surface area contributed by atoms with Gasteiger partial charge in [-0.05, 0) is 67.3 Å². The summed E-state index contributed by atoms with van der Waals surface area (Å²) in [5, 5.41) is 10.0. The van der Waals surface area contributed by atoms with Crippen molar-refractivity contribution >= 4 is 52.2 Å². The second-order valence-electron chi connectivity index (χ2n) is 11.0. The number of hydrogen-bond acceptors (Lipinski definition) is 8. The standard InChI is InChI=1S/C31H34ClN7O3.C3H8/c1-20(15-21(2)42-3)30(41)39-13-11-38(12-14-39)19-28(40)36-27-10-9-25-17-23(27)8-7-22-5-4-6-24(16-22)35-31-33-18-26(32)29(34-25)37-31;1-3-2/h4-6,9-10,15-18H,1,7-8,11-14,19H2,2-3H3,(H,36,40)(H2,33,34,35,37);3H2,1-2H3/b21-15-;. The van der Waals surface area contributed by atoms with Gasteiger partial charge in [-0.15, -0.1) is 0 Å². The van der Waals surface area contributed by atoms with Crippen LogP contribution in [0.4, 0.5) is 28.8 Å². The minimum atomic E-state index is -0.120.